The number of aryl methyl sites for hydroxylation is 3. The van der Waals surface area contributed by atoms with E-state index >= 15 is 0 Å². The molecule has 3 aromatic heterocycles. The summed E-state index contributed by atoms with van der Waals surface area (Å²) < 4.78 is 7.29. The summed E-state index contributed by atoms with van der Waals surface area (Å²) in [5, 5.41) is 12.8. The number of aromatic nitrogens is 5. The van der Waals surface area contributed by atoms with Crippen molar-refractivity contribution in [2.75, 3.05) is 0 Å². The highest BCUT2D eigenvalue weighted by atomic mass is 16.5. The van der Waals surface area contributed by atoms with E-state index in [4.69, 9.17) is 4.52 Å². The van der Waals surface area contributed by atoms with Crippen molar-refractivity contribution in [3.05, 3.63) is 65.9 Å². The van der Waals surface area contributed by atoms with Gasteiger partial charge in [-0.1, -0.05) is 17.3 Å². The van der Waals surface area contributed by atoms with Gasteiger partial charge in [-0.25, -0.2) is 0 Å². The number of benzene rings is 1. The molecule has 0 spiro atoms. The lowest BCUT2D eigenvalue weighted by molar-refractivity contribution is 0.399. The molecule has 6 heteroatoms. The van der Waals surface area contributed by atoms with Crippen molar-refractivity contribution in [2.45, 2.75) is 19.8 Å². The van der Waals surface area contributed by atoms with Crippen LogP contribution in [0.5, 0.6) is 0 Å². The second-order valence-corrected chi connectivity index (χ2v) is 6.18. The predicted molar refractivity (Wildman–Crippen MR) is 92.2 cm³/mol. The van der Waals surface area contributed by atoms with Crippen LogP contribution in [0.15, 0.2) is 53.3 Å². The smallest absolute Gasteiger partial charge is 0.190 e. The normalized spacial score (nSPS) is 12.7. The van der Waals surface area contributed by atoms with E-state index in [-0.39, 0.29) is 0 Å². The topological polar surface area (TPSA) is 69.6 Å². The summed E-state index contributed by atoms with van der Waals surface area (Å²) in [6, 6.07) is 12.4. The number of hydrogen-bond donors (Lipinski definition) is 0. The van der Waals surface area contributed by atoms with Gasteiger partial charge < -0.3 is 4.52 Å². The highest BCUT2D eigenvalue weighted by Crippen LogP contribution is 2.32. The van der Waals surface area contributed by atoms with Crippen molar-refractivity contribution in [3.8, 4) is 28.3 Å². The zero-order valence-electron chi connectivity index (χ0n) is 13.7. The van der Waals surface area contributed by atoms with E-state index in [1.165, 1.54) is 11.1 Å². The zero-order chi connectivity index (χ0) is 16.8. The van der Waals surface area contributed by atoms with Crippen LogP contribution >= 0.6 is 0 Å². The van der Waals surface area contributed by atoms with E-state index in [1.54, 1.807) is 6.20 Å². The molecule has 0 saturated carbocycles. The van der Waals surface area contributed by atoms with Gasteiger partial charge in [0.05, 0.1) is 5.69 Å². The van der Waals surface area contributed by atoms with Crippen LogP contribution in [-0.4, -0.2) is 24.9 Å². The highest BCUT2D eigenvalue weighted by Gasteiger charge is 2.24. The first-order valence-electron chi connectivity index (χ1n) is 8.21. The fourth-order valence-corrected chi connectivity index (χ4v) is 3.33. The molecule has 4 aromatic rings. The van der Waals surface area contributed by atoms with Gasteiger partial charge in [0.25, 0.3) is 0 Å². The van der Waals surface area contributed by atoms with Gasteiger partial charge >= 0.3 is 0 Å². The Morgan fingerprint density at radius 2 is 2.00 bits per heavy atom. The maximum absolute atomic E-state index is 5.21. The van der Waals surface area contributed by atoms with Crippen LogP contribution in [0, 0.1) is 6.92 Å². The predicted octanol–water partition coefficient (Wildman–Crippen LogP) is 3.39. The number of rotatable bonds is 2. The lowest BCUT2D eigenvalue weighted by Crippen LogP contribution is -2.13. The third kappa shape index (κ3) is 2.26. The van der Waals surface area contributed by atoms with E-state index in [2.05, 4.69) is 49.2 Å². The van der Waals surface area contributed by atoms with Crippen molar-refractivity contribution in [1.82, 2.24) is 24.9 Å². The largest absolute Gasteiger partial charge is 0.361 e. The van der Waals surface area contributed by atoms with Gasteiger partial charge in [-0.05, 0) is 48.2 Å². The van der Waals surface area contributed by atoms with Gasteiger partial charge in [0.1, 0.15) is 11.6 Å². The third-order valence-electron chi connectivity index (χ3n) is 4.52. The molecule has 0 aliphatic carbocycles. The minimum absolute atomic E-state index is 0.709. The van der Waals surface area contributed by atoms with Gasteiger partial charge in [0.2, 0.25) is 0 Å². The first kappa shape index (κ1) is 14.1. The van der Waals surface area contributed by atoms with Crippen molar-refractivity contribution in [1.29, 1.82) is 0 Å². The molecule has 6 nitrogen and oxygen atoms in total. The number of fused-ring (bicyclic) bond motifs is 3. The molecule has 5 rings (SSSR count). The second kappa shape index (κ2) is 5.37. The molecule has 0 unspecified atom stereocenters. The Kier molecular flexibility index (Phi) is 3.03. The molecule has 0 amide bonds. The minimum Gasteiger partial charge on any atom is -0.361 e. The van der Waals surface area contributed by atoms with Gasteiger partial charge in [0, 0.05) is 24.9 Å². The molecule has 1 aliphatic rings. The molecule has 1 aromatic carbocycles. The van der Waals surface area contributed by atoms with E-state index in [0.29, 0.717) is 5.69 Å². The fraction of sp³-hybridized carbons (Fsp3) is 0.158. The van der Waals surface area contributed by atoms with E-state index < -0.39 is 0 Å². The Hall–Kier alpha value is -3.28. The van der Waals surface area contributed by atoms with Crippen molar-refractivity contribution in [3.63, 3.8) is 0 Å². The molecule has 0 radical (unpaired) electrons. The highest BCUT2D eigenvalue weighted by molar-refractivity contribution is 5.67. The maximum atomic E-state index is 5.21. The van der Waals surface area contributed by atoms with Crippen molar-refractivity contribution < 1.29 is 4.52 Å². The van der Waals surface area contributed by atoms with E-state index in [0.717, 1.165) is 41.5 Å². The van der Waals surface area contributed by atoms with Crippen LogP contribution in [-0.2, 0) is 12.8 Å². The lowest BCUT2D eigenvalue weighted by atomic mass is 9.97. The van der Waals surface area contributed by atoms with Crippen molar-refractivity contribution >= 4 is 0 Å². The molecule has 0 fully saturated rings. The van der Waals surface area contributed by atoms with E-state index in [1.807, 2.05) is 25.3 Å². The Bertz CT molecular complexity index is 1060. The summed E-state index contributed by atoms with van der Waals surface area (Å²) >= 11 is 0. The van der Waals surface area contributed by atoms with Crippen LogP contribution in [0.4, 0.5) is 0 Å². The fourth-order valence-electron chi connectivity index (χ4n) is 3.33. The molecule has 0 N–H and O–H groups in total. The Labute approximate surface area is 144 Å². The summed E-state index contributed by atoms with van der Waals surface area (Å²) in [7, 11) is 0. The zero-order valence-corrected chi connectivity index (χ0v) is 13.7. The summed E-state index contributed by atoms with van der Waals surface area (Å²) in [5.74, 6) is 2.44. The maximum Gasteiger partial charge on any atom is 0.190 e. The average molecular weight is 329 g/mol. The second-order valence-electron chi connectivity index (χ2n) is 6.18. The van der Waals surface area contributed by atoms with Gasteiger partial charge in [-0.3, -0.25) is 9.55 Å². The van der Waals surface area contributed by atoms with Gasteiger partial charge in [-0.15, -0.1) is 10.2 Å². The number of pyridine rings is 1. The van der Waals surface area contributed by atoms with Gasteiger partial charge in [0.15, 0.2) is 11.5 Å². The molecule has 0 saturated heterocycles. The van der Waals surface area contributed by atoms with Gasteiger partial charge in [-0.2, -0.15) is 0 Å². The van der Waals surface area contributed by atoms with Crippen LogP contribution in [0.1, 0.15) is 17.1 Å². The molecule has 25 heavy (non-hydrogen) atoms. The summed E-state index contributed by atoms with van der Waals surface area (Å²) in [5.41, 5.74) is 5.37. The standard InChI is InChI=1S/C19H15N5O/c1-12-9-16(23-25-12)19-22-21-18-7-5-14-10-13(4-6-17(14)24(18)19)15-3-2-8-20-11-15/h2-4,6,8-11H,5,7H2,1H3. The number of nitrogens with zero attached hydrogens (tertiary/aromatic N) is 5. The SMILES string of the molecule is Cc1cc(-c2nnc3n2-c2ccc(-c4cccnc4)cc2CC3)no1. The van der Waals surface area contributed by atoms with Crippen LogP contribution in [0.3, 0.4) is 0 Å². The Balaban J connectivity index is 1.65. The molecular weight excluding hydrogens is 314 g/mol. The quantitative estimate of drug-likeness (QED) is 0.564. The summed E-state index contributed by atoms with van der Waals surface area (Å²) in [6.45, 7) is 1.87. The van der Waals surface area contributed by atoms with Crippen LogP contribution in [0.2, 0.25) is 0 Å². The molecule has 0 bridgehead atoms. The average Bonchev–Trinajstić information content (AvgIpc) is 3.28. The Morgan fingerprint density at radius 3 is 2.80 bits per heavy atom. The van der Waals surface area contributed by atoms with Crippen LogP contribution < -0.4 is 0 Å². The third-order valence-corrected chi connectivity index (χ3v) is 4.52. The summed E-state index contributed by atoms with van der Waals surface area (Å²) in [6.07, 6.45) is 5.47. The van der Waals surface area contributed by atoms with E-state index in [9.17, 15) is 0 Å². The van der Waals surface area contributed by atoms with Crippen molar-refractivity contribution in [2.24, 2.45) is 0 Å². The van der Waals surface area contributed by atoms with Crippen LogP contribution in [0.25, 0.3) is 28.3 Å². The molecular formula is C19H15N5O. The first-order valence-corrected chi connectivity index (χ1v) is 8.21. The Morgan fingerprint density at radius 1 is 1.04 bits per heavy atom. The monoisotopic (exact) mass is 329 g/mol. The molecule has 1 aliphatic heterocycles. The lowest BCUT2D eigenvalue weighted by Gasteiger charge is -2.20. The minimum atomic E-state index is 0.709. The molecule has 122 valence electrons. The summed E-state index contributed by atoms with van der Waals surface area (Å²) in [4.78, 5) is 4.21. The molecule has 0 atom stereocenters. The molecule has 4 heterocycles. The number of hydrogen-bond acceptors (Lipinski definition) is 5. The first-order chi connectivity index (χ1) is 12.3.